The van der Waals surface area contributed by atoms with E-state index in [2.05, 4.69) is 4.98 Å². The van der Waals surface area contributed by atoms with Crippen molar-refractivity contribution in [3.8, 4) is 17.2 Å². The van der Waals surface area contributed by atoms with Crippen LogP contribution in [0.1, 0.15) is 13.8 Å². The Balaban J connectivity index is 1.77. The number of benzene rings is 3. The van der Waals surface area contributed by atoms with Crippen molar-refractivity contribution in [3.05, 3.63) is 89.2 Å². The second-order valence-corrected chi connectivity index (χ2v) is 8.14. The van der Waals surface area contributed by atoms with Crippen molar-refractivity contribution in [2.75, 3.05) is 0 Å². The smallest absolute Gasteiger partial charge is 0.266 e. The molecule has 150 valence electrons. The summed E-state index contributed by atoms with van der Waals surface area (Å²) in [5.41, 5.74) is 1.11. The Bertz CT molecular complexity index is 1250. The zero-order chi connectivity index (χ0) is 21.1. The van der Waals surface area contributed by atoms with Crippen molar-refractivity contribution in [2.45, 2.75) is 24.3 Å². The van der Waals surface area contributed by atoms with Gasteiger partial charge in [-0.2, -0.15) is 0 Å². The third-order valence-electron chi connectivity index (χ3n) is 4.67. The predicted molar refractivity (Wildman–Crippen MR) is 120 cm³/mol. The fraction of sp³-hybridized carbons (Fsp3) is 0.125. The molecule has 6 heteroatoms. The molecule has 1 aromatic heterocycles. The Kier molecular flexibility index (Phi) is 5.68. The van der Waals surface area contributed by atoms with Crippen LogP contribution in [0.25, 0.3) is 16.6 Å². The molecule has 0 amide bonds. The van der Waals surface area contributed by atoms with Gasteiger partial charge in [0.2, 0.25) is 0 Å². The minimum atomic E-state index is -0.315. The molecule has 4 rings (SSSR count). The number of hydrogen-bond acceptors (Lipinski definition) is 5. The average Bonchev–Trinajstić information content (AvgIpc) is 2.75. The molecule has 30 heavy (non-hydrogen) atoms. The lowest BCUT2D eigenvalue weighted by molar-refractivity contribution is -0.116. The number of para-hydroxylation sites is 2. The van der Waals surface area contributed by atoms with Crippen LogP contribution in [0.4, 0.5) is 0 Å². The molecular formula is C24H20N2O3S. The molecule has 4 aromatic rings. The monoisotopic (exact) mass is 416 g/mol. The number of thioether (sulfide) groups is 1. The lowest BCUT2D eigenvalue weighted by atomic mass is 10.2. The number of ether oxygens (including phenoxy) is 1. The van der Waals surface area contributed by atoms with E-state index in [4.69, 9.17) is 4.74 Å². The number of carbonyl (C=O) groups excluding carboxylic acids is 1. The second-order valence-electron chi connectivity index (χ2n) is 6.83. The van der Waals surface area contributed by atoms with E-state index in [9.17, 15) is 9.59 Å². The van der Waals surface area contributed by atoms with Crippen LogP contribution in [-0.2, 0) is 4.79 Å². The summed E-state index contributed by atoms with van der Waals surface area (Å²) in [6.07, 6.45) is 0. The summed E-state index contributed by atoms with van der Waals surface area (Å²) in [5, 5.41) is 0.699. The van der Waals surface area contributed by atoms with Gasteiger partial charge < -0.3 is 4.74 Å². The zero-order valence-electron chi connectivity index (χ0n) is 16.6. The summed E-state index contributed by atoms with van der Waals surface area (Å²) >= 11 is 1.28. The van der Waals surface area contributed by atoms with Crippen molar-refractivity contribution in [3.63, 3.8) is 0 Å². The van der Waals surface area contributed by atoms with E-state index in [1.807, 2.05) is 73.7 Å². The fourth-order valence-corrected chi connectivity index (χ4v) is 3.88. The van der Waals surface area contributed by atoms with Gasteiger partial charge in [-0.15, -0.1) is 0 Å². The first kappa shape index (κ1) is 19.9. The van der Waals surface area contributed by atoms with E-state index in [-0.39, 0.29) is 16.6 Å². The third kappa shape index (κ3) is 4.14. The van der Waals surface area contributed by atoms with Gasteiger partial charge in [0.25, 0.3) is 5.56 Å². The molecule has 3 aromatic carbocycles. The first-order chi connectivity index (χ1) is 14.5. The molecule has 0 saturated heterocycles. The standard InChI is InChI=1S/C24H20N2O3S/c1-16(27)17(2)30-24-25-22-11-7-6-10-21(22)23(28)26(24)18-12-14-20(15-13-18)29-19-8-4-3-5-9-19/h3-15,17H,1-2H3. The highest BCUT2D eigenvalue weighted by Gasteiger charge is 2.18. The first-order valence-electron chi connectivity index (χ1n) is 9.55. The van der Waals surface area contributed by atoms with Gasteiger partial charge in [0.1, 0.15) is 17.3 Å². The number of Topliss-reactive ketones (excluding diaryl/α,β-unsaturated/α-hetero) is 1. The fourth-order valence-electron chi connectivity index (χ4n) is 2.95. The van der Waals surface area contributed by atoms with Crippen molar-refractivity contribution in [1.29, 1.82) is 0 Å². The lowest BCUT2D eigenvalue weighted by Crippen LogP contribution is -2.23. The van der Waals surface area contributed by atoms with E-state index >= 15 is 0 Å². The van der Waals surface area contributed by atoms with Gasteiger partial charge in [0.15, 0.2) is 5.16 Å². The molecule has 0 N–H and O–H groups in total. The van der Waals surface area contributed by atoms with Crippen LogP contribution >= 0.6 is 11.8 Å². The highest BCUT2D eigenvalue weighted by molar-refractivity contribution is 8.00. The van der Waals surface area contributed by atoms with Crippen molar-refractivity contribution < 1.29 is 9.53 Å². The summed E-state index contributed by atoms with van der Waals surface area (Å²) in [5.74, 6) is 1.43. The Morgan fingerprint density at radius 1 is 0.933 bits per heavy atom. The van der Waals surface area contributed by atoms with E-state index in [1.165, 1.54) is 18.7 Å². The Labute approximate surface area is 178 Å². The van der Waals surface area contributed by atoms with Crippen molar-refractivity contribution in [1.82, 2.24) is 9.55 Å². The summed E-state index contributed by atoms with van der Waals surface area (Å²) in [6, 6.07) is 24.0. The molecule has 0 aliphatic carbocycles. The summed E-state index contributed by atoms with van der Waals surface area (Å²) in [6.45, 7) is 3.35. The van der Waals surface area contributed by atoms with E-state index in [0.29, 0.717) is 27.5 Å². The van der Waals surface area contributed by atoms with Crippen molar-refractivity contribution in [2.24, 2.45) is 0 Å². The highest BCUT2D eigenvalue weighted by atomic mass is 32.2. The lowest BCUT2D eigenvalue weighted by Gasteiger charge is -2.15. The number of aromatic nitrogens is 2. The normalized spacial score (nSPS) is 11.9. The topological polar surface area (TPSA) is 61.2 Å². The molecule has 1 heterocycles. The molecule has 0 bridgehead atoms. The van der Waals surface area contributed by atoms with Gasteiger partial charge in [-0.1, -0.05) is 42.1 Å². The van der Waals surface area contributed by atoms with Crippen LogP contribution in [0.15, 0.2) is 88.8 Å². The number of nitrogens with zero attached hydrogens (tertiary/aromatic N) is 2. The molecule has 0 radical (unpaired) electrons. The molecule has 1 unspecified atom stereocenters. The van der Waals surface area contributed by atoms with Crippen molar-refractivity contribution >= 4 is 28.4 Å². The second kappa shape index (κ2) is 8.55. The highest BCUT2D eigenvalue weighted by Crippen LogP contribution is 2.27. The molecular weight excluding hydrogens is 396 g/mol. The van der Waals surface area contributed by atoms with Gasteiger partial charge in [-0.3, -0.25) is 14.2 Å². The summed E-state index contributed by atoms with van der Waals surface area (Å²) in [4.78, 5) is 29.7. The molecule has 0 aliphatic heterocycles. The van der Waals surface area contributed by atoms with Crippen LogP contribution < -0.4 is 10.3 Å². The van der Waals surface area contributed by atoms with Crippen LogP contribution in [0.3, 0.4) is 0 Å². The maximum absolute atomic E-state index is 13.3. The molecule has 1 atom stereocenters. The van der Waals surface area contributed by atoms with Crippen LogP contribution in [0.2, 0.25) is 0 Å². The molecule has 5 nitrogen and oxygen atoms in total. The quantitative estimate of drug-likeness (QED) is 0.317. The zero-order valence-corrected chi connectivity index (χ0v) is 17.4. The predicted octanol–water partition coefficient (Wildman–Crippen LogP) is 5.25. The number of hydrogen-bond donors (Lipinski definition) is 0. The first-order valence-corrected chi connectivity index (χ1v) is 10.4. The molecule has 0 aliphatic rings. The Morgan fingerprint density at radius 2 is 1.57 bits per heavy atom. The number of rotatable bonds is 6. The van der Waals surface area contributed by atoms with Crippen LogP contribution in [0.5, 0.6) is 11.5 Å². The maximum atomic E-state index is 13.3. The molecule has 0 spiro atoms. The third-order valence-corrected chi connectivity index (χ3v) is 5.84. The number of ketones is 1. The summed E-state index contributed by atoms with van der Waals surface area (Å²) < 4.78 is 7.40. The number of carbonyl (C=O) groups is 1. The number of fused-ring (bicyclic) bond motifs is 1. The van der Waals surface area contributed by atoms with Crippen LogP contribution in [-0.4, -0.2) is 20.6 Å². The van der Waals surface area contributed by atoms with E-state index in [1.54, 1.807) is 16.7 Å². The minimum absolute atomic E-state index is 0.0283. The van der Waals surface area contributed by atoms with E-state index in [0.717, 1.165) is 5.75 Å². The van der Waals surface area contributed by atoms with Gasteiger partial charge in [0, 0.05) is 0 Å². The Hall–Kier alpha value is -3.38. The molecule has 0 fully saturated rings. The SMILES string of the molecule is CC(=O)C(C)Sc1nc2ccccc2c(=O)n1-c1ccc(Oc2ccccc2)cc1. The minimum Gasteiger partial charge on any atom is -0.457 e. The van der Waals surface area contributed by atoms with Gasteiger partial charge in [-0.05, 0) is 62.4 Å². The van der Waals surface area contributed by atoms with Gasteiger partial charge >= 0.3 is 0 Å². The average molecular weight is 417 g/mol. The van der Waals surface area contributed by atoms with Gasteiger partial charge in [0.05, 0.1) is 21.8 Å². The largest absolute Gasteiger partial charge is 0.457 e. The Morgan fingerprint density at radius 3 is 2.27 bits per heavy atom. The van der Waals surface area contributed by atoms with E-state index < -0.39 is 0 Å². The van der Waals surface area contributed by atoms with Gasteiger partial charge in [-0.25, -0.2) is 4.98 Å². The summed E-state index contributed by atoms with van der Waals surface area (Å²) in [7, 11) is 0. The molecule has 0 saturated carbocycles. The van der Waals surface area contributed by atoms with Crippen LogP contribution in [0, 0.1) is 0 Å². The maximum Gasteiger partial charge on any atom is 0.266 e.